The van der Waals surface area contributed by atoms with Crippen LogP contribution >= 0.6 is 0 Å². The van der Waals surface area contributed by atoms with E-state index in [1.807, 2.05) is 6.08 Å². The van der Waals surface area contributed by atoms with Crippen LogP contribution in [0.5, 0.6) is 0 Å². The molecule has 0 aromatic rings. The molecule has 0 amide bonds. The normalized spacial score (nSPS) is 11.8. The summed E-state index contributed by atoms with van der Waals surface area (Å²) in [6.07, 6.45) is 48.5. The predicted molar refractivity (Wildman–Crippen MR) is 179 cm³/mol. The minimum atomic E-state index is -0.159. The third-order valence-corrected chi connectivity index (χ3v) is 8.13. The number of unbranched alkanes of at least 4 members (excludes halogenated alkanes) is 27. The van der Waals surface area contributed by atoms with Crippen molar-refractivity contribution in [2.24, 2.45) is 0 Å². The maximum absolute atomic E-state index is 11.8. The summed E-state index contributed by atoms with van der Waals surface area (Å²) in [4.78, 5) is 11.8. The van der Waals surface area contributed by atoms with E-state index in [2.05, 4.69) is 26.0 Å². The van der Waals surface area contributed by atoms with E-state index in [9.17, 15) is 4.79 Å². The lowest BCUT2D eigenvalue weighted by Gasteiger charge is -2.03. The molecule has 0 bridgehead atoms. The summed E-state index contributed by atoms with van der Waals surface area (Å²) >= 11 is 0. The maximum atomic E-state index is 11.8. The Balaban J connectivity index is 3.25. The van der Waals surface area contributed by atoms with Gasteiger partial charge in [-0.25, -0.2) is 4.79 Å². The lowest BCUT2D eigenvalue weighted by Crippen LogP contribution is -2.02. The first-order chi connectivity index (χ1) is 19.8. The summed E-state index contributed by atoms with van der Waals surface area (Å²) in [6.45, 7) is 5.14. The van der Waals surface area contributed by atoms with Crippen LogP contribution in [0.2, 0.25) is 0 Å². The molecule has 0 radical (unpaired) electrons. The van der Waals surface area contributed by atoms with E-state index in [0.29, 0.717) is 6.61 Å². The van der Waals surface area contributed by atoms with E-state index in [1.54, 1.807) is 6.08 Å². The molecule has 0 aliphatic carbocycles. The number of ether oxygens (including phenoxy) is 1. The Morgan fingerprint density at radius 1 is 0.400 bits per heavy atom. The zero-order chi connectivity index (χ0) is 29.0. The fourth-order valence-electron chi connectivity index (χ4n) is 5.38. The number of carbonyl (C=O) groups is 1. The Hall–Kier alpha value is -1.05. The molecule has 0 unspecified atom stereocenters. The molecule has 0 atom stereocenters. The van der Waals surface area contributed by atoms with E-state index in [1.165, 1.54) is 180 Å². The van der Waals surface area contributed by atoms with Gasteiger partial charge in [-0.15, -0.1) is 0 Å². The Morgan fingerprint density at radius 3 is 1.07 bits per heavy atom. The number of rotatable bonds is 33. The molecule has 0 heterocycles. The highest BCUT2D eigenvalue weighted by Crippen LogP contribution is 2.14. The van der Waals surface area contributed by atoms with Gasteiger partial charge in [0.2, 0.25) is 0 Å². The van der Waals surface area contributed by atoms with E-state index in [0.717, 1.165) is 12.8 Å². The average Bonchev–Trinajstić information content (AvgIpc) is 2.96. The summed E-state index contributed by atoms with van der Waals surface area (Å²) in [6, 6.07) is 0. The first-order valence-electron chi connectivity index (χ1n) is 18.3. The van der Waals surface area contributed by atoms with Gasteiger partial charge in [-0.3, -0.25) is 0 Å². The molecular weight excluding hydrogens is 488 g/mol. The first kappa shape index (κ1) is 39.0. The SMILES string of the molecule is CCCCCCCCC=CCCCCCCCCOC(=O)C=CCCCCCCCCCCCCCCCCC. The monoisotopic (exact) mass is 561 g/mol. The lowest BCUT2D eigenvalue weighted by atomic mass is 10.0. The molecule has 0 saturated carbocycles. The standard InChI is InChI=1S/C38H72O2/c1-3-5-7-9-11-13-15-17-19-21-22-24-26-28-30-32-34-36-38(39)40-37-35-33-31-29-27-25-23-20-18-16-14-12-10-8-6-4-2/h18,20,34,36H,3-17,19,21-33,35,37H2,1-2H3. The van der Waals surface area contributed by atoms with Crippen LogP contribution in [0.3, 0.4) is 0 Å². The van der Waals surface area contributed by atoms with Crippen LogP contribution in [0.15, 0.2) is 24.3 Å². The Bertz CT molecular complexity index is 536. The van der Waals surface area contributed by atoms with Gasteiger partial charge in [0.25, 0.3) is 0 Å². The number of allylic oxidation sites excluding steroid dienone is 3. The third-order valence-electron chi connectivity index (χ3n) is 8.13. The highest BCUT2D eigenvalue weighted by atomic mass is 16.5. The molecular formula is C38H72O2. The average molecular weight is 561 g/mol. The summed E-state index contributed by atoms with van der Waals surface area (Å²) < 4.78 is 5.36. The molecule has 0 spiro atoms. The van der Waals surface area contributed by atoms with E-state index in [-0.39, 0.29) is 5.97 Å². The summed E-state index contributed by atoms with van der Waals surface area (Å²) in [5.41, 5.74) is 0. The van der Waals surface area contributed by atoms with Gasteiger partial charge < -0.3 is 4.74 Å². The molecule has 0 aliphatic heterocycles. The van der Waals surface area contributed by atoms with E-state index in [4.69, 9.17) is 4.74 Å². The number of carbonyl (C=O) groups excluding carboxylic acids is 1. The topological polar surface area (TPSA) is 26.3 Å². The van der Waals surface area contributed by atoms with Crippen LogP contribution in [-0.2, 0) is 9.53 Å². The minimum absolute atomic E-state index is 0.159. The van der Waals surface area contributed by atoms with Crippen LogP contribution in [0.4, 0.5) is 0 Å². The molecule has 2 heteroatoms. The predicted octanol–water partition coefficient (Wildman–Crippen LogP) is 13.4. The molecule has 0 aromatic heterocycles. The summed E-state index contributed by atoms with van der Waals surface area (Å²) in [5, 5.41) is 0. The molecule has 0 aromatic carbocycles. The number of esters is 1. The second-order valence-corrected chi connectivity index (χ2v) is 12.2. The van der Waals surface area contributed by atoms with E-state index < -0.39 is 0 Å². The van der Waals surface area contributed by atoms with Crippen LogP contribution in [0.1, 0.15) is 206 Å². The molecule has 2 nitrogen and oxygen atoms in total. The summed E-state index contributed by atoms with van der Waals surface area (Å²) in [7, 11) is 0. The second kappa shape index (κ2) is 36.0. The fraction of sp³-hybridized carbons (Fsp3) is 0.868. The van der Waals surface area contributed by atoms with Gasteiger partial charge in [0.05, 0.1) is 6.61 Å². The highest BCUT2D eigenvalue weighted by Gasteiger charge is 1.98. The van der Waals surface area contributed by atoms with Gasteiger partial charge >= 0.3 is 5.97 Å². The number of hydrogen-bond donors (Lipinski definition) is 0. The first-order valence-corrected chi connectivity index (χ1v) is 18.3. The molecule has 0 fully saturated rings. The van der Waals surface area contributed by atoms with Crippen molar-refractivity contribution in [3.63, 3.8) is 0 Å². The van der Waals surface area contributed by atoms with Crippen LogP contribution < -0.4 is 0 Å². The van der Waals surface area contributed by atoms with Crippen molar-refractivity contribution in [1.82, 2.24) is 0 Å². The Morgan fingerprint density at radius 2 is 0.700 bits per heavy atom. The molecule has 0 N–H and O–H groups in total. The molecule has 40 heavy (non-hydrogen) atoms. The van der Waals surface area contributed by atoms with Crippen LogP contribution in [0, 0.1) is 0 Å². The van der Waals surface area contributed by atoms with Crippen molar-refractivity contribution in [3.05, 3.63) is 24.3 Å². The van der Waals surface area contributed by atoms with Gasteiger partial charge in [-0.1, -0.05) is 180 Å². The lowest BCUT2D eigenvalue weighted by molar-refractivity contribution is -0.137. The number of hydrogen-bond acceptors (Lipinski definition) is 2. The van der Waals surface area contributed by atoms with Crippen LogP contribution in [0.25, 0.3) is 0 Å². The van der Waals surface area contributed by atoms with E-state index >= 15 is 0 Å². The Kier molecular flexibility index (Phi) is 35.0. The molecule has 236 valence electrons. The van der Waals surface area contributed by atoms with Crippen molar-refractivity contribution in [3.8, 4) is 0 Å². The molecule has 0 aliphatic rings. The maximum Gasteiger partial charge on any atom is 0.330 e. The van der Waals surface area contributed by atoms with Gasteiger partial charge in [0.15, 0.2) is 0 Å². The quantitative estimate of drug-likeness (QED) is 0.0345. The fourth-order valence-corrected chi connectivity index (χ4v) is 5.38. The molecule has 0 saturated heterocycles. The zero-order valence-electron chi connectivity index (χ0n) is 27.5. The van der Waals surface area contributed by atoms with Gasteiger partial charge in [-0.2, -0.15) is 0 Å². The van der Waals surface area contributed by atoms with Gasteiger partial charge in [-0.05, 0) is 44.9 Å². The Labute approximate surface area is 252 Å². The minimum Gasteiger partial charge on any atom is -0.463 e. The smallest absolute Gasteiger partial charge is 0.330 e. The van der Waals surface area contributed by atoms with Crippen molar-refractivity contribution >= 4 is 5.97 Å². The zero-order valence-corrected chi connectivity index (χ0v) is 27.5. The van der Waals surface area contributed by atoms with Crippen molar-refractivity contribution in [2.75, 3.05) is 6.61 Å². The second-order valence-electron chi connectivity index (χ2n) is 12.2. The third kappa shape index (κ3) is 35.0. The van der Waals surface area contributed by atoms with Crippen LogP contribution in [-0.4, -0.2) is 12.6 Å². The highest BCUT2D eigenvalue weighted by molar-refractivity contribution is 5.81. The molecule has 0 rings (SSSR count). The van der Waals surface area contributed by atoms with Crippen molar-refractivity contribution in [2.45, 2.75) is 206 Å². The van der Waals surface area contributed by atoms with Crippen molar-refractivity contribution in [1.29, 1.82) is 0 Å². The van der Waals surface area contributed by atoms with Crippen molar-refractivity contribution < 1.29 is 9.53 Å². The van der Waals surface area contributed by atoms with Gasteiger partial charge in [0.1, 0.15) is 0 Å². The largest absolute Gasteiger partial charge is 0.463 e. The summed E-state index contributed by atoms with van der Waals surface area (Å²) in [5.74, 6) is -0.159. The van der Waals surface area contributed by atoms with Gasteiger partial charge in [0, 0.05) is 6.08 Å².